The second kappa shape index (κ2) is 7.21. The molecule has 2 heterocycles. The molecule has 3 rings (SSSR count). The van der Waals surface area contributed by atoms with E-state index in [1.54, 1.807) is 29.2 Å². The first-order valence-corrected chi connectivity index (χ1v) is 8.06. The van der Waals surface area contributed by atoms with Gasteiger partial charge in [-0.2, -0.15) is 0 Å². The quantitative estimate of drug-likeness (QED) is 0.485. The molecule has 7 heteroatoms. The fraction of sp³-hybridized carbons (Fsp3) is 0.278. The van der Waals surface area contributed by atoms with Gasteiger partial charge in [-0.05, 0) is 31.2 Å². The van der Waals surface area contributed by atoms with Gasteiger partial charge in [-0.15, -0.1) is 0 Å². The average Bonchev–Trinajstić information content (AvgIpc) is 3.05. The molecule has 25 heavy (non-hydrogen) atoms. The zero-order chi connectivity index (χ0) is 17.8. The molecule has 1 aliphatic heterocycles. The summed E-state index contributed by atoms with van der Waals surface area (Å²) < 4.78 is 5.40. The van der Waals surface area contributed by atoms with Crippen molar-refractivity contribution in [1.82, 2.24) is 4.90 Å². The lowest BCUT2D eigenvalue weighted by molar-refractivity contribution is -0.384. The summed E-state index contributed by atoms with van der Waals surface area (Å²) >= 11 is 0. The number of hydrogen-bond acceptors (Lipinski definition) is 5. The summed E-state index contributed by atoms with van der Waals surface area (Å²) in [5.74, 6) is 1.35. The Morgan fingerprint density at radius 3 is 2.52 bits per heavy atom. The van der Waals surface area contributed by atoms with Gasteiger partial charge in [-0.3, -0.25) is 14.9 Å². The molecule has 0 unspecified atom stereocenters. The number of piperazine rings is 1. The minimum Gasteiger partial charge on any atom is -0.462 e. The first kappa shape index (κ1) is 16.8. The normalized spacial score (nSPS) is 14.9. The number of furan rings is 1. The Balaban J connectivity index is 1.61. The van der Waals surface area contributed by atoms with Crippen molar-refractivity contribution in [1.29, 1.82) is 0 Å². The van der Waals surface area contributed by atoms with E-state index in [9.17, 15) is 14.9 Å². The molecule has 1 aromatic carbocycles. The number of aryl methyl sites for hydroxylation is 1. The number of benzene rings is 1. The van der Waals surface area contributed by atoms with Gasteiger partial charge < -0.3 is 14.2 Å². The van der Waals surface area contributed by atoms with Gasteiger partial charge in [0.25, 0.3) is 5.69 Å². The molecule has 1 aliphatic rings. The number of hydrogen-bond donors (Lipinski definition) is 0. The average molecular weight is 341 g/mol. The second-order valence-electron chi connectivity index (χ2n) is 5.84. The van der Waals surface area contributed by atoms with Gasteiger partial charge in [-0.1, -0.05) is 12.1 Å². The standard InChI is InChI=1S/C18H19N3O4/c1-14-6-7-15(25-14)8-9-18(22)20-12-10-19(11-13-20)16-4-2-3-5-17(16)21(23)24/h2-9H,10-13H2,1H3/b9-8+. The SMILES string of the molecule is Cc1ccc(/C=C/C(=O)N2CCN(c3ccccc3[N+](=O)[O-])CC2)o1. The van der Waals surface area contributed by atoms with E-state index in [-0.39, 0.29) is 16.5 Å². The second-order valence-corrected chi connectivity index (χ2v) is 5.84. The number of rotatable bonds is 4. The highest BCUT2D eigenvalue weighted by Gasteiger charge is 2.24. The Hall–Kier alpha value is -3.09. The molecule has 1 aromatic heterocycles. The third-order valence-electron chi connectivity index (χ3n) is 4.16. The number of para-hydroxylation sites is 2. The highest BCUT2D eigenvalue weighted by Crippen LogP contribution is 2.28. The van der Waals surface area contributed by atoms with Crippen LogP contribution in [0.25, 0.3) is 6.08 Å². The molecule has 0 saturated carbocycles. The molecule has 0 atom stereocenters. The number of carbonyl (C=O) groups is 1. The smallest absolute Gasteiger partial charge is 0.292 e. The molecule has 7 nitrogen and oxygen atoms in total. The maximum atomic E-state index is 12.3. The van der Waals surface area contributed by atoms with Crippen LogP contribution in [0.3, 0.4) is 0 Å². The molecule has 0 radical (unpaired) electrons. The fourth-order valence-electron chi connectivity index (χ4n) is 2.86. The van der Waals surface area contributed by atoms with Crippen molar-refractivity contribution in [3.63, 3.8) is 0 Å². The van der Waals surface area contributed by atoms with E-state index in [1.807, 2.05) is 24.0 Å². The zero-order valence-electron chi connectivity index (χ0n) is 13.9. The third-order valence-corrected chi connectivity index (χ3v) is 4.16. The lowest BCUT2D eigenvalue weighted by Gasteiger charge is -2.35. The summed E-state index contributed by atoms with van der Waals surface area (Å²) in [5.41, 5.74) is 0.691. The summed E-state index contributed by atoms with van der Waals surface area (Å²) in [4.78, 5) is 26.7. The summed E-state index contributed by atoms with van der Waals surface area (Å²) in [6, 6.07) is 10.3. The number of nitrogens with zero attached hydrogens (tertiary/aromatic N) is 3. The van der Waals surface area contributed by atoms with Crippen LogP contribution in [-0.2, 0) is 4.79 Å². The zero-order valence-corrected chi connectivity index (χ0v) is 13.9. The van der Waals surface area contributed by atoms with E-state index in [2.05, 4.69) is 0 Å². The van der Waals surface area contributed by atoms with Gasteiger partial charge >= 0.3 is 0 Å². The van der Waals surface area contributed by atoms with E-state index in [1.165, 1.54) is 12.1 Å². The lowest BCUT2D eigenvalue weighted by atomic mass is 10.2. The molecule has 1 saturated heterocycles. The van der Waals surface area contributed by atoms with Gasteiger partial charge in [0.05, 0.1) is 4.92 Å². The summed E-state index contributed by atoms with van der Waals surface area (Å²) in [7, 11) is 0. The minimum absolute atomic E-state index is 0.0868. The largest absolute Gasteiger partial charge is 0.462 e. The van der Waals surface area contributed by atoms with Crippen molar-refractivity contribution in [2.24, 2.45) is 0 Å². The maximum Gasteiger partial charge on any atom is 0.292 e. The Morgan fingerprint density at radius 1 is 1.16 bits per heavy atom. The third kappa shape index (κ3) is 3.88. The minimum atomic E-state index is -0.374. The molecule has 0 bridgehead atoms. The molecule has 0 spiro atoms. The van der Waals surface area contributed by atoms with E-state index in [0.29, 0.717) is 37.6 Å². The van der Waals surface area contributed by atoms with Gasteiger partial charge in [-0.25, -0.2) is 0 Å². The summed E-state index contributed by atoms with van der Waals surface area (Å²) in [5, 5.41) is 11.2. The van der Waals surface area contributed by atoms with Crippen LogP contribution in [0.4, 0.5) is 11.4 Å². The van der Waals surface area contributed by atoms with Gasteiger partial charge in [0.1, 0.15) is 17.2 Å². The van der Waals surface area contributed by atoms with Crippen molar-refractivity contribution < 1.29 is 14.1 Å². The van der Waals surface area contributed by atoms with Crippen molar-refractivity contribution >= 4 is 23.4 Å². The molecule has 2 aromatic rings. The molecule has 0 N–H and O–H groups in total. The summed E-state index contributed by atoms with van der Waals surface area (Å²) in [6.07, 6.45) is 3.16. The molecule has 130 valence electrons. The number of nitro benzene ring substituents is 1. The molecular weight excluding hydrogens is 322 g/mol. The van der Waals surface area contributed by atoms with E-state index in [4.69, 9.17) is 4.42 Å². The predicted molar refractivity (Wildman–Crippen MR) is 94.4 cm³/mol. The van der Waals surface area contributed by atoms with Crippen LogP contribution in [0, 0.1) is 17.0 Å². The number of nitro groups is 1. The van der Waals surface area contributed by atoms with Crippen molar-refractivity contribution in [2.75, 3.05) is 31.1 Å². The van der Waals surface area contributed by atoms with Crippen LogP contribution in [0.5, 0.6) is 0 Å². The molecular formula is C18H19N3O4. The van der Waals surface area contributed by atoms with E-state index < -0.39 is 0 Å². The first-order valence-electron chi connectivity index (χ1n) is 8.06. The number of amides is 1. The van der Waals surface area contributed by atoms with Crippen molar-refractivity contribution in [3.05, 3.63) is 64.1 Å². The maximum absolute atomic E-state index is 12.3. The van der Waals surface area contributed by atoms with Crippen LogP contribution in [-0.4, -0.2) is 41.9 Å². The monoisotopic (exact) mass is 341 g/mol. The Bertz CT molecular complexity index is 804. The van der Waals surface area contributed by atoms with Crippen molar-refractivity contribution in [3.8, 4) is 0 Å². The Labute approximate surface area is 145 Å². The number of carbonyl (C=O) groups excluding carboxylic acids is 1. The van der Waals surface area contributed by atoms with Crippen LogP contribution in [0.2, 0.25) is 0 Å². The van der Waals surface area contributed by atoms with Crippen molar-refractivity contribution in [2.45, 2.75) is 6.92 Å². The predicted octanol–water partition coefficient (Wildman–Crippen LogP) is 2.86. The highest BCUT2D eigenvalue weighted by molar-refractivity contribution is 5.91. The fourth-order valence-corrected chi connectivity index (χ4v) is 2.86. The van der Waals surface area contributed by atoms with Crippen LogP contribution in [0.1, 0.15) is 11.5 Å². The Morgan fingerprint density at radius 2 is 1.88 bits per heavy atom. The molecule has 1 fully saturated rings. The summed E-state index contributed by atoms with van der Waals surface area (Å²) in [6.45, 7) is 4.01. The van der Waals surface area contributed by atoms with Crippen LogP contribution >= 0.6 is 0 Å². The van der Waals surface area contributed by atoms with Gasteiger partial charge in [0.2, 0.25) is 5.91 Å². The lowest BCUT2D eigenvalue weighted by Crippen LogP contribution is -2.48. The Kier molecular flexibility index (Phi) is 4.83. The first-order chi connectivity index (χ1) is 12.0. The van der Waals surface area contributed by atoms with Gasteiger partial charge in [0, 0.05) is 38.3 Å². The molecule has 0 aliphatic carbocycles. The van der Waals surface area contributed by atoms with Gasteiger partial charge in [0.15, 0.2) is 0 Å². The molecule has 1 amide bonds. The topological polar surface area (TPSA) is 79.8 Å². The highest BCUT2D eigenvalue weighted by atomic mass is 16.6. The van der Waals surface area contributed by atoms with E-state index >= 15 is 0 Å². The number of anilines is 1. The van der Waals surface area contributed by atoms with Crippen LogP contribution < -0.4 is 4.90 Å². The van der Waals surface area contributed by atoms with E-state index in [0.717, 1.165) is 5.76 Å². The van der Waals surface area contributed by atoms with Crippen LogP contribution in [0.15, 0.2) is 46.9 Å².